The summed E-state index contributed by atoms with van der Waals surface area (Å²) < 4.78 is 12.0. The molecule has 4 atom stereocenters. The number of hydrogen-bond donors (Lipinski definition) is 0. The smallest absolute Gasteiger partial charge is 0.269 e. The second-order valence-electron chi connectivity index (χ2n) is 8.94. The molecule has 0 N–H and O–H groups in total. The van der Waals surface area contributed by atoms with Crippen molar-refractivity contribution in [3.05, 3.63) is 40.4 Å². The number of ether oxygens (including phenoxy) is 2. The number of benzene rings is 1. The summed E-state index contributed by atoms with van der Waals surface area (Å²) in [6.45, 7) is 3.27. The van der Waals surface area contributed by atoms with Crippen molar-refractivity contribution in [2.24, 2.45) is 0 Å². The van der Waals surface area contributed by atoms with Crippen LogP contribution in [0.5, 0.6) is 0 Å². The minimum atomic E-state index is -0.381. The van der Waals surface area contributed by atoms with Gasteiger partial charge in [0.05, 0.1) is 35.0 Å². The van der Waals surface area contributed by atoms with E-state index in [-0.39, 0.29) is 35.0 Å². The van der Waals surface area contributed by atoms with Crippen LogP contribution in [0.1, 0.15) is 25.7 Å². The van der Waals surface area contributed by atoms with Gasteiger partial charge in [-0.05, 0) is 37.8 Å². The number of rotatable bonds is 4. The van der Waals surface area contributed by atoms with Gasteiger partial charge in [0, 0.05) is 49.9 Å². The molecule has 4 aliphatic heterocycles. The van der Waals surface area contributed by atoms with Crippen LogP contribution in [0.3, 0.4) is 0 Å². The Morgan fingerprint density at radius 2 is 1.39 bits per heavy atom. The Morgan fingerprint density at radius 1 is 0.839 bits per heavy atom. The van der Waals surface area contributed by atoms with Crippen LogP contribution in [0.15, 0.2) is 30.3 Å². The van der Waals surface area contributed by atoms with Crippen LogP contribution in [0, 0.1) is 10.1 Å². The van der Waals surface area contributed by atoms with Crippen LogP contribution in [0.2, 0.25) is 0 Å². The van der Waals surface area contributed by atoms with Crippen molar-refractivity contribution in [1.29, 1.82) is 0 Å². The Labute approximate surface area is 180 Å². The van der Waals surface area contributed by atoms with Gasteiger partial charge in [-0.2, -0.15) is 4.98 Å². The molecule has 0 saturated carbocycles. The lowest BCUT2D eigenvalue weighted by molar-refractivity contribution is -0.384. The molecule has 4 aliphatic rings. The average molecular weight is 423 g/mol. The summed E-state index contributed by atoms with van der Waals surface area (Å²) in [4.78, 5) is 25.1. The largest absolute Gasteiger partial charge is 0.371 e. The van der Waals surface area contributed by atoms with Gasteiger partial charge in [0.15, 0.2) is 0 Å². The Hall–Kier alpha value is -2.78. The molecule has 0 spiro atoms. The van der Waals surface area contributed by atoms with Crippen molar-refractivity contribution in [1.82, 2.24) is 9.97 Å². The number of non-ortho nitro benzene ring substituents is 1. The molecule has 162 valence electrons. The standard InChI is InChI=1S/C22H25N5O4/c28-27(29)15-3-1-14(2-4-15)20-9-21(25-10-16-5-6-17(11-25)30-16)24-22(23-20)26-12-18-7-8-19(13-26)31-18/h1-4,9,16-19H,5-8,10-13H2. The van der Waals surface area contributed by atoms with E-state index in [0.29, 0.717) is 5.95 Å². The molecule has 9 nitrogen and oxygen atoms in total. The number of nitrogens with zero attached hydrogens (tertiary/aromatic N) is 5. The molecule has 0 radical (unpaired) electrons. The van der Waals surface area contributed by atoms with E-state index in [9.17, 15) is 10.1 Å². The summed E-state index contributed by atoms with van der Waals surface area (Å²) in [5.74, 6) is 1.61. The highest BCUT2D eigenvalue weighted by Crippen LogP contribution is 2.34. The van der Waals surface area contributed by atoms with Gasteiger partial charge in [-0.25, -0.2) is 4.98 Å². The zero-order chi connectivity index (χ0) is 20.9. The summed E-state index contributed by atoms with van der Waals surface area (Å²) >= 11 is 0. The van der Waals surface area contributed by atoms with Crippen molar-refractivity contribution < 1.29 is 14.4 Å². The van der Waals surface area contributed by atoms with Crippen molar-refractivity contribution in [2.45, 2.75) is 50.1 Å². The Kier molecular flexibility index (Phi) is 4.53. The molecule has 31 heavy (non-hydrogen) atoms. The zero-order valence-electron chi connectivity index (χ0n) is 17.2. The fourth-order valence-electron chi connectivity index (χ4n) is 5.21. The van der Waals surface area contributed by atoms with Crippen LogP contribution in [-0.4, -0.2) is 65.5 Å². The lowest BCUT2D eigenvalue weighted by Gasteiger charge is -2.35. The number of nitro groups is 1. The van der Waals surface area contributed by atoms with E-state index >= 15 is 0 Å². The Bertz CT molecular complexity index is 928. The zero-order valence-corrected chi connectivity index (χ0v) is 17.2. The number of fused-ring (bicyclic) bond motifs is 4. The quantitative estimate of drug-likeness (QED) is 0.547. The first-order valence-corrected chi connectivity index (χ1v) is 11.1. The maximum Gasteiger partial charge on any atom is 0.269 e. The van der Waals surface area contributed by atoms with Gasteiger partial charge in [0.25, 0.3) is 5.69 Å². The summed E-state index contributed by atoms with van der Waals surface area (Å²) in [5, 5.41) is 11.0. The second-order valence-corrected chi connectivity index (χ2v) is 8.94. The third kappa shape index (κ3) is 3.61. The van der Waals surface area contributed by atoms with E-state index in [2.05, 4.69) is 9.80 Å². The fourth-order valence-corrected chi connectivity index (χ4v) is 5.21. The number of nitro benzene ring substituents is 1. The normalized spacial score (nSPS) is 29.4. The molecule has 4 saturated heterocycles. The minimum Gasteiger partial charge on any atom is -0.371 e. The molecule has 9 heteroatoms. The number of morpholine rings is 2. The van der Waals surface area contributed by atoms with E-state index in [0.717, 1.165) is 68.9 Å². The second kappa shape index (κ2) is 7.42. The van der Waals surface area contributed by atoms with Gasteiger partial charge < -0.3 is 19.3 Å². The molecule has 1 aromatic carbocycles. The maximum atomic E-state index is 11.0. The molecule has 4 fully saturated rings. The number of anilines is 2. The Balaban J connectivity index is 1.37. The number of aromatic nitrogens is 2. The maximum absolute atomic E-state index is 11.0. The third-order valence-corrected chi connectivity index (χ3v) is 6.77. The molecular weight excluding hydrogens is 398 g/mol. The van der Waals surface area contributed by atoms with Crippen LogP contribution in [0.4, 0.5) is 17.5 Å². The lowest BCUT2D eigenvalue weighted by atomic mass is 10.1. The minimum absolute atomic E-state index is 0.0766. The lowest BCUT2D eigenvalue weighted by Crippen LogP contribution is -2.45. The molecule has 0 aliphatic carbocycles. The highest BCUT2D eigenvalue weighted by molar-refractivity contribution is 5.66. The van der Waals surface area contributed by atoms with Crippen molar-refractivity contribution in [2.75, 3.05) is 36.0 Å². The van der Waals surface area contributed by atoms with Crippen LogP contribution in [0.25, 0.3) is 11.3 Å². The van der Waals surface area contributed by atoms with Gasteiger partial charge in [0.2, 0.25) is 5.95 Å². The van der Waals surface area contributed by atoms with Gasteiger partial charge in [-0.15, -0.1) is 0 Å². The first-order chi connectivity index (χ1) is 15.1. The van der Waals surface area contributed by atoms with Crippen LogP contribution >= 0.6 is 0 Å². The van der Waals surface area contributed by atoms with Crippen molar-refractivity contribution in [3.8, 4) is 11.3 Å². The van der Waals surface area contributed by atoms with E-state index in [1.54, 1.807) is 12.1 Å². The average Bonchev–Trinajstić information content (AvgIpc) is 3.32. The monoisotopic (exact) mass is 423 g/mol. The van der Waals surface area contributed by atoms with Crippen molar-refractivity contribution >= 4 is 17.5 Å². The predicted molar refractivity (Wildman–Crippen MR) is 114 cm³/mol. The highest BCUT2D eigenvalue weighted by Gasteiger charge is 2.37. The number of hydrogen-bond acceptors (Lipinski definition) is 8. The van der Waals surface area contributed by atoms with Crippen molar-refractivity contribution in [3.63, 3.8) is 0 Å². The summed E-state index contributed by atoms with van der Waals surface area (Å²) in [5.41, 5.74) is 1.71. The molecule has 2 aromatic rings. The van der Waals surface area contributed by atoms with Gasteiger partial charge in [-0.3, -0.25) is 10.1 Å². The third-order valence-electron chi connectivity index (χ3n) is 6.77. The molecule has 0 amide bonds. The summed E-state index contributed by atoms with van der Waals surface area (Å²) in [6.07, 6.45) is 5.38. The van der Waals surface area contributed by atoms with E-state index in [1.165, 1.54) is 12.1 Å². The molecular formula is C22H25N5O4. The highest BCUT2D eigenvalue weighted by atomic mass is 16.6. The van der Waals surface area contributed by atoms with E-state index in [4.69, 9.17) is 19.4 Å². The van der Waals surface area contributed by atoms with Gasteiger partial charge >= 0.3 is 0 Å². The van der Waals surface area contributed by atoms with E-state index in [1.807, 2.05) is 6.07 Å². The molecule has 5 heterocycles. The first kappa shape index (κ1) is 18.9. The molecule has 6 rings (SSSR count). The fraction of sp³-hybridized carbons (Fsp3) is 0.545. The topological polar surface area (TPSA) is 93.9 Å². The van der Waals surface area contributed by atoms with Crippen LogP contribution in [-0.2, 0) is 9.47 Å². The Morgan fingerprint density at radius 3 is 1.94 bits per heavy atom. The SMILES string of the molecule is O=[N+]([O-])c1ccc(-c2cc(N3CC4CCC(C3)O4)nc(N3CC4CCC(C3)O4)n2)cc1. The van der Waals surface area contributed by atoms with Gasteiger partial charge in [0.1, 0.15) is 5.82 Å². The summed E-state index contributed by atoms with van der Waals surface area (Å²) in [6, 6.07) is 8.59. The molecule has 4 bridgehead atoms. The molecule has 4 unspecified atom stereocenters. The van der Waals surface area contributed by atoms with E-state index < -0.39 is 0 Å². The first-order valence-electron chi connectivity index (χ1n) is 11.1. The predicted octanol–water partition coefficient (Wildman–Crippen LogP) is 2.79. The van der Waals surface area contributed by atoms with Gasteiger partial charge in [-0.1, -0.05) is 0 Å². The summed E-state index contributed by atoms with van der Waals surface area (Å²) in [7, 11) is 0. The molecule has 1 aromatic heterocycles. The van der Waals surface area contributed by atoms with Crippen LogP contribution < -0.4 is 9.80 Å².